The summed E-state index contributed by atoms with van der Waals surface area (Å²) in [4.78, 5) is 0. The molecule has 0 aromatic heterocycles. The molecule has 0 aliphatic rings. The second-order valence-corrected chi connectivity index (χ2v) is 3.81. The van der Waals surface area contributed by atoms with Crippen molar-refractivity contribution < 1.29 is 9.47 Å². The Morgan fingerprint density at radius 1 is 1.21 bits per heavy atom. The third kappa shape index (κ3) is 2.47. The molecule has 0 aliphatic carbocycles. The fourth-order valence-corrected chi connectivity index (χ4v) is 1.46. The molecule has 0 radical (unpaired) electrons. The standard InChI is InChI=1S/C11H15ClO2/c1-11(14-3,8-13-2)9-4-6-10(12)7-5-9/h4-7H,8H2,1-3H3. The Morgan fingerprint density at radius 2 is 1.79 bits per heavy atom. The molecule has 0 aliphatic heterocycles. The number of hydrogen-bond acceptors (Lipinski definition) is 2. The molecule has 3 heteroatoms. The van der Waals surface area contributed by atoms with Crippen LogP contribution in [-0.2, 0) is 15.1 Å². The highest BCUT2D eigenvalue weighted by Gasteiger charge is 2.25. The van der Waals surface area contributed by atoms with E-state index < -0.39 is 5.60 Å². The molecule has 1 atom stereocenters. The number of benzene rings is 1. The van der Waals surface area contributed by atoms with E-state index in [0.29, 0.717) is 6.61 Å². The van der Waals surface area contributed by atoms with Gasteiger partial charge in [0, 0.05) is 19.2 Å². The molecule has 1 unspecified atom stereocenters. The van der Waals surface area contributed by atoms with Gasteiger partial charge in [0.2, 0.25) is 0 Å². The van der Waals surface area contributed by atoms with Gasteiger partial charge in [-0.1, -0.05) is 23.7 Å². The molecule has 78 valence electrons. The summed E-state index contributed by atoms with van der Waals surface area (Å²) in [5.74, 6) is 0. The Morgan fingerprint density at radius 3 is 2.21 bits per heavy atom. The highest BCUT2D eigenvalue weighted by molar-refractivity contribution is 6.30. The highest BCUT2D eigenvalue weighted by atomic mass is 35.5. The molecule has 1 aromatic rings. The molecule has 0 saturated heterocycles. The molecular formula is C11H15ClO2. The fraction of sp³-hybridized carbons (Fsp3) is 0.455. The lowest BCUT2D eigenvalue weighted by molar-refractivity contribution is -0.0555. The van der Waals surface area contributed by atoms with Crippen molar-refractivity contribution in [3.8, 4) is 0 Å². The van der Waals surface area contributed by atoms with Gasteiger partial charge in [0.15, 0.2) is 0 Å². The summed E-state index contributed by atoms with van der Waals surface area (Å²) in [6.07, 6.45) is 0. The summed E-state index contributed by atoms with van der Waals surface area (Å²) in [5.41, 5.74) is 0.658. The zero-order valence-electron chi connectivity index (χ0n) is 8.71. The minimum atomic E-state index is -0.403. The first-order valence-corrected chi connectivity index (χ1v) is 4.80. The predicted molar refractivity (Wildman–Crippen MR) is 57.7 cm³/mol. The van der Waals surface area contributed by atoms with Gasteiger partial charge in [-0.15, -0.1) is 0 Å². The van der Waals surface area contributed by atoms with Gasteiger partial charge in [-0.05, 0) is 24.6 Å². The van der Waals surface area contributed by atoms with E-state index in [0.717, 1.165) is 10.6 Å². The van der Waals surface area contributed by atoms with Crippen molar-refractivity contribution >= 4 is 11.6 Å². The number of methoxy groups -OCH3 is 2. The molecule has 14 heavy (non-hydrogen) atoms. The van der Waals surface area contributed by atoms with Crippen LogP contribution in [0.25, 0.3) is 0 Å². The zero-order chi connectivity index (χ0) is 10.6. The van der Waals surface area contributed by atoms with Crippen LogP contribution in [-0.4, -0.2) is 20.8 Å². The zero-order valence-corrected chi connectivity index (χ0v) is 9.47. The SMILES string of the molecule is COCC(C)(OC)c1ccc(Cl)cc1. The Kier molecular flexibility index (Phi) is 3.93. The van der Waals surface area contributed by atoms with E-state index >= 15 is 0 Å². The molecule has 1 rings (SSSR count). The van der Waals surface area contributed by atoms with Crippen molar-refractivity contribution in [2.45, 2.75) is 12.5 Å². The van der Waals surface area contributed by atoms with Crippen molar-refractivity contribution in [1.29, 1.82) is 0 Å². The summed E-state index contributed by atoms with van der Waals surface area (Å²) in [6, 6.07) is 7.60. The van der Waals surface area contributed by atoms with Gasteiger partial charge in [-0.3, -0.25) is 0 Å². The molecule has 0 saturated carbocycles. The molecule has 0 spiro atoms. The van der Waals surface area contributed by atoms with E-state index in [1.54, 1.807) is 14.2 Å². The quantitative estimate of drug-likeness (QED) is 0.768. The molecule has 0 bridgehead atoms. The summed E-state index contributed by atoms with van der Waals surface area (Å²) < 4.78 is 10.6. The number of rotatable bonds is 4. The minimum absolute atomic E-state index is 0.403. The van der Waals surface area contributed by atoms with Gasteiger partial charge >= 0.3 is 0 Å². The van der Waals surface area contributed by atoms with Crippen LogP contribution in [0.2, 0.25) is 5.02 Å². The van der Waals surface area contributed by atoms with Crippen molar-refractivity contribution in [3.05, 3.63) is 34.9 Å². The van der Waals surface area contributed by atoms with Crippen LogP contribution in [0.15, 0.2) is 24.3 Å². The van der Waals surface area contributed by atoms with Crippen molar-refractivity contribution in [3.63, 3.8) is 0 Å². The Bertz CT molecular complexity index is 284. The van der Waals surface area contributed by atoms with E-state index in [1.165, 1.54) is 0 Å². The van der Waals surface area contributed by atoms with Crippen LogP contribution in [0.3, 0.4) is 0 Å². The lowest BCUT2D eigenvalue weighted by Crippen LogP contribution is -2.29. The largest absolute Gasteiger partial charge is 0.381 e. The summed E-state index contributed by atoms with van der Waals surface area (Å²) in [7, 11) is 3.33. The maximum absolute atomic E-state index is 5.81. The number of halogens is 1. The van der Waals surface area contributed by atoms with E-state index in [1.807, 2.05) is 31.2 Å². The molecule has 2 nitrogen and oxygen atoms in total. The van der Waals surface area contributed by atoms with Gasteiger partial charge in [0.25, 0.3) is 0 Å². The normalized spacial score (nSPS) is 15.1. The van der Waals surface area contributed by atoms with Crippen LogP contribution < -0.4 is 0 Å². The van der Waals surface area contributed by atoms with Crippen LogP contribution in [0, 0.1) is 0 Å². The second-order valence-electron chi connectivity index (χ2n) is 3.37. The summed E-state index contributed by atoms with van der Waals surface area (Å²) in [5, 5.41) is 0.726. The third-order valence-electron chi connectivity index (χ3n) is 2.33. The average Bonchev–Trinajstić information content (AvgIpc) is 2.19. The first-order valence-electron chi connectivity index (χ1n) is 4.42. The Hall–Kier alpha value is -0.570. The molecule has 0 N–H and O–H groups in total. The number of hydrogen-bond donors (Lipinski definition) is 0. The first kappa shape index (κ1) is 11.5. The smallest absolute Gasteiger partial charge is 0.113 e. The molecule has 0 fully saturated rings. The van der Waals surface area contributed by atoms with Crippen LogP contribution in [0.1, 0.15) is 12.5 Å². The van der Waals surface area contributed by atoms with E-state index in [4.69, 9.17) is 21.1 Å². The summed E-state index contributed by atoms with van der Waals surface area (Å²) >= 11 is 5.81. The van der Waals surface area contributed by atoms with Gasteiger partial charge in [0.1, 0.15) is 5.60 Å². The molecule has 0 heterocycles. The van der Waals surface area contributed by atoms with Crippen molar-refractivity contribution in [2.75, 3.05) is 20.8 Å². The topological polar surface area (TPSA) is 18.5 Å². The Balaban J connectivity index is 2.94. The van der Waals surface area contributed by atoms with Gasteiger partial charge in [-0.2, -0.15) is 0 Å². The lowest BCUT2D eigenvalue weighted by Gasteiger charge is -2.27. The number of ether oxygens (including phenoxy) is 2. The first-order chi connectivity index (χ1) is 6.62. The summed E-state index contributed by atoms with van der Waals surface area (Å²) in [6.45, 7) is 2.50. The Labute approximate surface area is 89.8 Å². The van der Waals surface area contributed by atoms with Gasteiger partial charge in [-0.25, -0.2) is 0 Å². The molecule has 0 amide bonds. The van der Waals surface area contributed by atoms with Crippen molar-refractivity contribution in [2.24, 2.45) is 0 Å². The second kappa shape index (κ2) is 4.78. The van der Waals surface area contributed by atoms with Crippen LogP contribution >= 0.6 is 11.6 Å². The molecular weight excluding hydrogens is 200 g/mol. The van der Waals surface area contributed by atoms with Crippen LogP contribution in [0.5, 0.6) is 0 Å². The van der Waals surface area contributed by atoms with Crippen LogP contribution in [0.4, 0.5) is 0 Å². The van der Waals surface area contributed by atoms with Gasteiger partial charge < -0.3 is 9.47 Å². The van der Waals surface area contributed by atoms with E-state index in [2.05, 4.69) is 0 Å². The van der Waals surface area contributed by atoms with Crippen molar-refractivity contribution in [1.82, 2.24) is 0 Å². The van der Waals surface area contributed by atoms with E-state index in [9.17, 15) is 0 Å². The van der Waals surface area contributed by atoms with Gasteiger partial charge in [0.05, 0.1) is 6.61 Å². The molecule has 1 aromatic carbocycles. The minimum Gasteiger partial charge on any atom is -0.381 e. The fourth-order valence-electron chi connectivity index (χ4n) is 1.34. The predicted octanol–water partition coefficient (Wildman–Crippen LogP) is 2.85. The third-order valence-corrected chi connectivity index (χ3v) is 2.58. The monoisotopic (exact) mass is 214 g/mol. The maximum atomic E-state index is 5.81. The highest BCUT2D eigenvalue weighted by Crippen LogP contribution is 2.25. The average molecular weight is 215 g/mol. The lowest BCUT2D eigenvalue weighted by atomic mass is 9.97. The van der Waals surface area contributed by atoms with E-state index in [-0.39, 0.29) is 0 Å². The maximum Gasteiger partial charge on any atom is 0.113 e.